The molecular weight excluding hydrogens is 462 g/mol. The van der Waals surface area contributed by atoms with E-state index in [-0.39, 0.29) is 40.9 Å². The summed E-state index contributed by atoms with van der Waals surface area (Å²) in [6, 6.07) is 8.07. The number of alkyl halides is 3. The number of hydrogen-bond acceptors (Lipinski definition) is 5. The van der Waals surface area contributed by atoms with E-state index < -0.39 is 17.6 Å². The van der Waals surface area contributed by atoms with Gasteiger partial charge in [-0.1, -0.05) is 0 Å². The first-order valence-corrected chi connectivity index (χ1v) is 11.4. The Bertz CT molecular complexity index is 1250. The SMILES string of the molecule is Cc1ccc(C(=O)N2C[C@@H]3CC[C@H]2[C@H](Nc2ccc(C(F)(F)F)cn2)C3)c(-c2ncccc2F)n1. The maximum Gasteiger partial charge on any atom is 0.417 e. The first kappa shape index (κ1) is 23.2. The molecule has 3 atom stereocenters. The fourth-order valence-corrected chi connectivity index (χ4v) is 5.04. The summed E-state index contributed by atoms with van der Waals surface area (Å²) in [6.07, 6.45) is 0.299. The second-order valence-electron chi connectivity index (χ2n) is 9.07. The summed E-state index contributed by atoms with van der Waals surface area (Å²) in [5.41, 5.74) is 0.307. The number of amides is 1. The molecule has 182 valence electrons. The van der Waals surface area contributed by atoms with Gasteiger partial charge in [0.05, 0.1) is 17.2 Å². The van der Waals surface area contributed by atoms with Gasteiger partial charge >= 0.3 is 6.18 Å². The highest BCUT2D eigenvalue weighted by Gasteiger charge is 2.44. The Morgan fingerprint density at radius 1 is 1.09 bits per heavy atom. The number of nitrogens with one attached hydrogen (secondary N) is 1. The van der Waals surface area contributed by atoms with Gasteiger partial charge in [0.1, 0.15) is 17.2 Å². The lowest BCUT2D eigenvalue weighted by molar-refractivity contribution is -0.137. The number of halogens is 4. The zero-order chi connectivity index (χ0) is 24.7. The number of fused-ring (bicyclic) bond motifs is 3. The molecule has 3 aromatic heterocycles. The molecule has 3 aromatic rings. The zero-order valence-electron chi connectivity index (χ0n) is 18.9. The van der Waals surface area contributed by atoms with Crippen molar-refractivity contribution in [3.8, 4) is 11.4 Å². The average molecular weight is 485 g/mol. The Morgan fingerprint density at radius 3 is 2.60 bits per heavy atom. The number of carbonyl (C=O) groups excluding carboxylic acids is 1. The van der Waals surface area contributed by atoms with E-state index in [2.05, 4.69) is 20.3 Å². The molecule has 3 fully saturated rings. The lowest BCUT2D eigenvalue weighted by Gasteiger charge is -2.50. The van der Waals surface area contributed by atoms with Crippen LogP contribution in [0.1, 0.15) is 40.9 Å². The molecule has 0 spiro atoms. The molecule has 3 aliphatic rings. The number of nitrogens with zero attached hydrogens (tertiary/aromatic N) is 4. The Morgan fingerprint density at radius 2 is 1.91 bits per heavy atom. The third-order valence-corrected chi connectivity index (χ3v) is 6.71. The number of hydrogen-bond donors (Lipinski definition) is 1. The summed E-state index contributed by atoms with van der Waals surface area (Å²) in [5.74, 6) is -0.257. The molecule has 6 nitrogen and oxygen atoms in total. The molecule has 2 aliphatic heterocycles. The van der Waals surface area contributed by atoms with Crippen LogP contribution in [0.4, 0.5) is 23.4 Å². The van der Waals surface area contributed by atoms with Crippen LogP contribution in [0.15, 0.2) is 48.8 Å². The van der Waals surface area contributed by atoms with Gasteiger partial charge in [-0.2, -0.15) is 13.2 Å². The largest absolute Gasteiger partial charge is 0.417 e. The van der Waals surface area contributed by atoms with Crippen molar-refractivity contribution in [3.05, 3.63) is 71.4 Å². The van der Waals surface area contributed by atoms with E-state index in [1.54, 1.807) is 24.0 Å². The van der Waals surface area contributed by atoms with Crippen molar-refractivity contribution in [2.45, 2.75) is 44.4 Å². The van der Waals surface area contributed by atoms with Crippen LogP contribution in [-0.4, -0.2) is 44.4 Å². The van der Waals surface area contributed by atoms with Crippen LogP contribution in [0.5, 0.6) is 0 Å². The first-order chi connectivity index (χ1) is 16.7. The molecule has 1 aliphatic carbocycles. The summed E-state index contributed by atoms with van der Waals surface area (Å²) in [4.78, 5) is 28.0. The number of rotatable bonds is 4. The van der Waals surface area contributed by atoms with Gasteiger partial charge < -0.3 is 10.2 Å². The monoisotopic (exact) mass is 485 g/mol. The fourth-order valence-electron chi connectivity index (χ4n) is 5.04. The molecular formula is C25H23F4N5O. The van der Waals surface area contributed by atoms with Crippen molar-refractivity contribution in [1.29, 1.82) is 0 Å². The Kier molecular flexibility index (Phi) is 5.90. The summed E-state index contributed by atoms with van der Waals surface area (Å²) < 4.78 is 53.1. The average Bonchev–Trinajstić information content (AvgIpc) is 2.84. The predicted octanol–water partition coefficient (Wildman–Crippen LogP) is 5.11. The van der Waals surface area contributed by atoms with Crippen LogP contribution in [0, 0.1) is 18.7 Å². The van der Waals surface area contributed by atoms with E-state index in [4.69, 9.17) is 0 Å². The Hall–Kier alpha value is -3.56. The molecule has 0 aromatic carbocycles. The number of anilines is 1. The van der Waals surface area contributed by atoms with Crippen molar-refractivity contribution in [3.63, 3.8) is 0 Å². The van der Waals surface area contributed by atoms with Crippen molar-refractivity contribution in [2.75, 3.05) is 11.9 Å². The normalized spacial score (nSPS) is 21.7. The van der Waals surface area contributed by atoms with Crippen LogP contribution < -0.4 is 5.32 Å². The molecule has 5 heterocycles. The second kappa shape index (κ2) is 8.90. The van der Waals surface area contributed by atoms with Gasteiger partial charge in [-0.15, -0.1) is 0 Å². The third-order valence-electron chi connectivity index (χ3n) is 6.71. The number of carbonyl (C=O) groups is 1. The topological polar surface area (TPSA) is 71.0 Å². The van der Waals surface area contributed by atoms with Gasteiger partial charge in [-0.3, -0.25) is 14.8 Å². The minimum absolute atomic E-state index is 0.0188. The lowest BCUT2D eigenvalue weighted by atomic mass is 9.76. The molecule has 6 rings (SSSR count). The second-order valence-corrected chi connectivity index (χ2v) is 9.07. The maximum absolute atomic E-state index is 14.5. The maximum atomic E-state index is 14.5. The summed E-state index contributed by atoms with van der Waals surface area (Å²) >= 11 is 0. The van der Waals surface area contributed by atoms with Gasteiger partial charge in [-0.25, -0.2) is 9.37 Å². The highest BCUT2D eigenvalue weighted by Crippen LogP contribution is 2.38. The van der Waals surface area contributed by atoms with Gasteiger partial charge in [0, 0.05) is 30.7 Å². The molecule has 10 heteroatoms. The highest BCUT2D eigenvalue weighted by molar-refractivity contribution is 6.00. The van der Waals surface area contributed by atoms with E-state index in [1.807, 2.05) is 0 Å². The molecule has 0 unspecified atom stereocenters. The molecule has 1 amide bonds. The molecule has 2 saturated heterocycles. The third kappa shape index (κ3) is 4.56. The molecule has 35 heavy (non-hydrogen) atoms. The zero-order valence-corrected chi connectivity index (χ0v) is 18.9. The molecule has 1 N–H and O–H groups in total. The summed E-state index contributed by atoms with van der Waals surface area (Å²) in [7, 11) is 0. The van der Waals surface area contributed by atoms with Crippen molar-refractivity contribution in [1.82, 2.24) is 19.9 Å². The Balaban J connectivity index is 1.41. The number of piperidine rings is 2. The van der Waals surface area contributed by atoms with Crippen LogP contribution in [0.3, 0.4) is 0 Å². The smallest absolute Gasteiger partial charge is 0.365 e. The van der Waals surface area contributed by atoms with Crippen LogP contribution in [-0.2, 0) is 6.18 Å². The standard InChI is InChI=1S/C25H23F4N5O/c1-14-4-7-17(22(32-14)23-18(26)3-2-10-30-23)24(35)34-13-15-5-8-20(34)19(11-15)33-21-9-6-16(12-31-21)25(27,28)29/h2-4,6-7,9-10,12,15,19-20H,5,8,11,13H2,1H3,(H,31,33)/t15-,19-,20+/m1/s1. The minimum Gasteiger partial charge on any atom is -0.365 e. The van der Waals surface area contributed by atoms with Crippen molar-refractivity contribution < 1.29 is 22.4 Å². The first-order valence-electron chi connectivity index (χ1n) is 11.4. The van der Waals surface area contributed by atoms with Crippen molar-refractivity contribution in [2.24, 2.45) is 5.92 Å². The molecule has 2 bridgehead atoms. The fraction of sp³-hybridized carbons (Fsp3) is 0.360. The summed E-state index contributed by atoms with van der Waals surface area (Å²) in [6.45, 7) is 2.32. The highest BCUT2D eigenvalue weighted by atomic mass is 19.4. The molecule has 1 saturated carbocycles. The van der Waals surface area contributed by atoms with E-state index in [1.165, 1.54) is 24.4 Å². The van der Waals surface area contributed by atoms with Crippen LogP contribution in [0.25, 0.3) is 11.4 Å². The minimum atomic E-state index is -4.45. The van der Waals surface area contributed by atoms with E-state index in [9.17, 15) is 22.4 Å². The van der Waals surface area contributed by atoms with Gasteiger partial charge in [0.15, 0.2) is 5.82 Å². The predicted molar refractivity (Wildman–Crippen MR) is 121 cm³/mol. The van der Waals surface area contributed by atoms with E-state index in [0.29, 0.717) is 18.1 Å². The van der Waals surface area contributed by atoms with E-state index in [0.717, 1.165) is 31.5 Å². The van der Waals surface area contributed by atoms with Gasteiger partial charge in [-0.05, 0) is 68.5 Å². The number of aryl methyl sites for hydroxylation is 1. The van der Waals surface area contributed by atoms with E-state index >= 15 is 0 Å². The van der Waals surface area contributed by atoms with Crippen molar-refractivity contribution >= 4 is 11.7 Å². The van der Waals surface area contributed by atoms with Gasteiger partial charge in [0.25, 0.3) is 5.91 Å². The number of aromatic nitrogens is 3. The van der Waals surface area contributed by atoms with Gasteiger partial charge in [0.2, 0.25) is 0 Å². The summed E-state index contributed by atoms with van der Waals surface area (Å²) in [5, 5.41) is 3.23. The van der Waals surface area contributed by atoms with Crippen LogP contribution in [0.2, 0.25) is 0 Å². The van der Waals surface area contributed by atoms with Crippen LogP contribution >= 0.6 is 0 Å². The quantitative estimate of drug-likeness (QED) is 0.520. The molecule has 0 radical (unpaired) electrons. The number of pyridine rings is 3. The lowest BCUT2D eigenvalue weighted by Crippen LogP contribution is -2.59. The Labute approximate surface area is 199 Å².